The van der Waals surface area contributed by atoms with Gasteiger partial charge in [0.15, 0.2) is 0 Å². The van der Waals surface area contributed by atoms with Crippen molar-refractivity contribution in [2.75, 3.05) is 19.7 Å². The number of rotatable bonds is 3. The zero-order valence-corrected chi connectivity index (χ0v) is 14.8. The lowest BCUT2D eigenvalue weighted by atomic mass is 10.1. The van der Waals surface area contributed by atoms with Crippen LogP contribution < -0.4 is 0 Å². The molecule has 0 unspecified atom stereocenters. The quantitative estimate of drug-likeness (QED) is 0.753. The van der Waals surface area contributed by atoms with Crippen molar-refractivity contribution >= 4 is 17.9 Å². The van der Waals surface area contributed by atoms with E-state index in [4.69, 9.17) is 4.74 Å². The van der Waals surface area contributed by atoms with Gasteiger partial charge in [0.05, 0.1) is 6.61 Å². The summed E-state index contributed by atoms with van der Waals surface area (Å²) in [6, 6.07) is 7.87. The van der Waals surface area contributed by atoms with E-state index >= 15 is 0 Å². The monoisotopic (exact) mass is 383 g/mol. The SMILES string of the molecule is CCOC(=O)[C@@]1(C(F)(F)F)N=C(c2ccccc2)OC(N2CCCCC2)=N1. The number of hydrogen-bond acceptors (Lipinski definition) is 6. The number of halogens is 3. The maximum Gasteiger partial charge on any atom is 0.446 e. The average Bonchev–Trinajstić information content (AvgIpc) is 2.68. The van der Waals surface area contributed by atoms with Crippen LogP contribution in [0.5, 0.6) is 0 Å². The Morgan fingerprint density at radius 3 is 2.44 bits per heavy atom. The van der Waals surface area contributed by atoms with Gasteiger partial charge in [-0.2, -0.15) is 23.2 Å². The molecule has 6 nitrogen and oxygen atoms in total. The summed E-state index contributed by atoms with van der Waals surface area (Å²) in [6.45, 7) is 2.20. The number of ether oxygens (including phenoxy) is 2. The molecule has 0 aromatic heterocycles. The van der Waals surface area contributed by atoms with E-state index in [1.54, 1.807) is 35.2 Å². The zero-order chi connectivity index (χ0) is 19.5. The van der Waals surface area contributed by atoms with Crippen LogP contribution in [0.1, 0.15) is 31.7 Å². The number of hydrogen-bond donors (Lipinski definition) is 0. The predicted molar refractivity (Wildman–Crippen MR) is 92.3 cm³/mol. The highest BCUT2D eigenvalue weighted by Gasteiger charge is 2.65. The van der Waals surface area contributed by atoms with Gasteiger partial charge in [-0.1, -0.05) is 18.2 Å². The summed E-state index contributed by atoms with van der Waals surface area (Å²) in [7, 11) is 0. The van der Waals surface area contributed by atoms with Crippen LogP contribution in [0.2, 0.25) is 0 Å². The number of amidine groups is 1. The molecule has 2 aliphatic rings. The van der Waals surface area contributed by atoms with Crippen molar-refractivity contribution in [2.24, 2.45) is 9.98 Å². The van der Waals surface area contributed by atoms with E-state index in [2.05, 4.69) is 14.7 Å². The summed E-state index contributed by atoms with van der Waals surface area (Å²) in [5.41, 5.74) is -3.06. The Morgan fingerprint density at radius 1 is 1.19 bits per heavy atom. The number of carbonyl (C=O) groups is 1. The average molecular weight is 383 g/mol. The van der Waals surface area contributed by atoms with Gasteiger partial charge in [-0.15, -0.1) is 0 Å². The Labute approximate surface area is 154 Å². The maximum atomic E-state index is 14.0. The molecule has 3 rings (SSSR count). The normalized spacial score (nSPS) is 23.2. The molecule has 146 valence electrons. The van der Waals surface area contributed by atoms with Gasteiger partial charge in [-0.05, 0) is 38.3 Å². The van der Waals surface area contributed by atoms with Crippen LogP contribution >= 0.6 is 0 Å². The highest BCUT2D eigenvalue weighted by molar-refractivity contribution is 6.05. The molecule has 0 saturated carbocycles. The lowest BCUT2D eigenvalue weighted by molar-refractivity contribution is -0.204. The fourth-order valence-corrected chi connectivity index (χ4v) is 2.93. The molecule has 2 heterocycles. The first-order valence-corrected chi connectivity index (χ1v) is 8.79. The van der Waals surface area contributed by atoms with Gasteiger partial charge in [0.25, 0.3) is 6.02 Å². The summed E-state index contributed by atoms with van der Waals surface area (Å²) in [4.78, 5) is 21.2. The molecule has 1 fully saturated rings. The number of carbonyl (C=O) groups excluding carboxylic acids is 1. The van der Waals surface area contributed by atoms with Crippen molar-refractivity contribution < 1.29 is 27.4 Å². The molecule has 0 amide bonds. The van der Waals surface area contributed by atoms with Crippen LogP contribution in [-0.2, 0) is 14.3 Å². The Hall–Kier alpha value is -2.58. The molecule has 0 radical (unpaired) electrons. The summed E-state index contributed by atoms with van der Waals surface area (Å²) < 4.78 is 52.3. The summed E-state index contributed by atoms with van der Waals surface area (Å²) >= 11 is 0. The van der Waals surface area contributed by atoms with Crippen LogP contribution in [0, 0.1) is 0 Å². The number of benzene rings is 1. The van der Waals surface area contributed by atoms with Crippen molar-refractivity contribution in [2.45, 2.75) is 38.0 Å². The molecule has 0 N–H and O–H groups in total. The second-order valence-corrected chi connectivity index (χ2v) is 6.22. The third kappa shape index (κ3) is 3.77. The van der Waals surface area contributed by atoms with Crippen molar-refractivity contribution in [3.8, 4) is 0 Å². The fraction of sp³-hybridized carbons (Fsp3) is 0.500. The maximum absolute atomic E-state index is 14.0. The number of likely N-dealkylation sites (tertiary alicyclic amines) is 1. The minimum absolute atomic E-state index is 0.220. The molecule has 27 heavy (non-hydrogen) atoms. The lowest BCUT2D eigenvalue weighted by Crippen LogP contribution is -2.55. The van der Waals surface area contributed by atoms with Crippen LogP contribution in [0.15, 0.2) is 40.3 Å². The van der Waals surface area contributed by atoms with Gasteiger partial charge in [0.2, 0.25) is 5.90 Å². The fourth-order valence-electron chi connectivity index (χ4n) is 2.93. The van der Waals surface area contributed by atoms with Crippen molar-refractivity contribution in [3.63, 3.8) is 0 Å². The molecule has 2 aliphatic heterocycles. The summed E-state index contributed by atoms with van der Waals surface area (Å²) in [6.07, 6.45) is -2.49. The minimum Gasteiger partial charge on any atom is -0.462 e. The van der Waals surface area contributed by atoms with Crippen LogP contribution in [0.3, 0.4) is 0 Å². The molecule has 0 aliphatic carbocycles. The molecule has 0 bridgehead atoms. The molecular weight excluding hydrogens is 363 g/mol. The Balaban J connectivity index is 2.12. The van der Waals surface area contributed by atoms with E-state index in [0.29, 0.717) is 18.7 Å². The number of alkyl halides is 3. The molecule has 1 aromatic rings. The highest BCUT2D eigenvalue weighted by atomic mass is 19.4. The first-order valence-electron chi connectivity index (χ1n) is 8.79. The van der Waals surface area contributed by atoms with E-state index in [-0.39, 0.29) is 18.5 Å². The summed E-state index contributed by atoms with van der Waals surface area (Å²) in [5.74, 6) is -1.87. The van der Waals surface area contributed by atoms with Crippen LogP contribution in [-0.4, -0.2) is 54.3 Å². The van der Waals surface area contributed by atoms with Gasteiger partial charge in [0, 0.05) is 18.7 Å². The molecule has 1 saturated heterocycles. The minimum atomic E-state index is -5.08. The van der Waals surface area contributed by atoms with Gasteiger partial charge in [-0.3, -0.25) is 0 Å². The lowest BCUT2D eigenvalue weighted by Gasteiger charge is -2.35. The molecule has 1 aromatic carbocycles. The Morgan fingerprint density at radius 2 is 1.85 bits per heavy atom. The van der Waals surface area contributed by atoms with Crippen molar-refractivity contribution in [1.29, 1.82) is 0 Å². The molecule has 0 spiro atoms. The number of nitrogens with zero attached hydrogens (tertiary/aromatic N) is 3. The Kier molecular flexibility index (Phi) is 5.38. The van der Waals surface area contributed by atoms with Crippen molar-refractivity contribution in [1.82, 2.24) is 4.90 Å². The van der Waals surface area contributed by atoms with Gasteiger partial charge in [0.1, 0.15) is 0 Å². The number of aliphatic imine (C=N–C) groups is 2. The van der Waals surface area contributed by atoms with Crippen molar-refractivity contribution in [3.05, 3.63) is 35.9 Å². The molecule has 1 atom stereocenters. The Bertz CT molecular complexity index is 743. The number of piperidine rings is 1. The predicted octanol–water partition coefficient (Wildman–Crippen LogP) is 3.13. The first kappa shape index (κ1) is 19.2. The van der Waals surface area contributed by atoms with E-state index in [1.807, 2.05) is 0 Å². The largest absolute Gasteiger partial charge is 0.462 e. The van der Waals surface area contributed by atoms with Crippen LogP contribution in [0.4, 0.5) is 13.2 Å². The topological polar surface area (TPSA) is 63.5 Å². The van der Waals surface area contributed by atoms with Gasteiger partial charge < -0.3 is 14.4 Å². The van der Waals surface area contributed by atoms with Gasteiger partial charge in [-0.25, -0.2) is 4.79 Å². The van der Waals surface area contributed by atoms with Gasteiger partial charge >= 0.3 is 17.8 Å². The summed E-state index contributed by atoms with van der Waals surface area (Å²) in [5, 5.41) is 0. The smallest absolute Gasteiger partial charge is 0.446 e. The van der Waals surface area contributed by atoms with E-state index in [1.165, 1.54) is 6.92 Å². The zero-order valence-electron chi connectivity index (χ0n) is 14.8. The van der Waals surface area contributed by atoms with E-state index < -0.39 is 17.8 Å². The standard InChI is InChI=1S/C18H20F3N3O3/c1-2-26-15(25)17(18(19,20)21)22-14(13-9-5-3-6-10-13)27-16(23-17)24-11-7-4-8-12-24/h3,5-6,9-10H,2,4,7-8,11-12H2,1H3/t17-/m1/s1. The van der Waals surface area contributed by atoms with Crippen LogP contribution in [0.25, 0.3) is 0 Å². The second-order valence-electron chi connectivity index (χ2n) is 6.22. The molecular formula is C18H20F3N3O3. The molecule has 9 heteroatoms. The first-order chi connectivity index (χ1) is 12.9. The van der Waals surface area contributed by atoms with E-state index in [9.17, 15) is 18.0 Å². The second kappa shape index (κ2) is 7.58. The highest BCUT2D eigenvalue weighted by Crippen LogP contribution is 2.39. The number of esters is 1. The third-order valence-corrected chi connectivity index (χ3v) is 4.31. The third-order valence-electron chi connectivity index (χ3n) is 4.31. The van der Waals surface area contributed by atoms with E-state index in [0.717, 1.165) is 19.3 Å².